The predicted octanol–water partition coefficient (Wildman–Crippen LogP) is 2.15. The molecule has 142 valence electrons. The van der Waals surface area contributed by atoms with Gasteiger partial charge in [-0.05, 0) is 24.3 Å². The average Bonchev–Trinajstić information content (AvgIpc) is 3.03. The van der Waals surface area contributed by atoms with E-state index in [0.29, 0.717) is 11.1 Å². The lowest BCUT2D eigenvalue weighted by Crippen LogP contribution is -2.33. The van der Waals surface area contributed by atoms with E-state index < -0.39 is 30.1 Å². The van der Waals surface area contributed by atoms with Crippen LogP contribution in [0.1, 0.15) is 27.1 Å². The van der Waals surface area contributed by atoms with Crippen LogP contribution in [0.3, 0.4) is 0 Å². The fourth-order valence-corrected chi connectivity index (χ4v) is 2.73. The van der Waals surface area contributed by atoms with Crippen LogP contribution < -0.4 is 0 Å². The molecule has 0 amide bonds. The lowest BCUT2D eigenvalue weighted by Gasteiger charge is -2.20. The molecule has 27 heavy (non-hydrogen) atoms. The summed E-state index contributed by atoms with van der Waals surface area (Å²) in [5.41, 5.74) is 0.751. The molecule has 0 aliphatic carbocycles. The average molecular weight is 372 g/mol. The molecular weight excluding hydrogens is 352 g/mol. The Morgan fingerprint density at radius 3 is 2.15 bits per heavy atom. The van der Waals surface area contributed by atoms with E-state index in [9.17, 15) is 14.7 Å². The van der Waals surface area contributed by atoms with Gasteiger partial charge in [0.05, 0.1) is 17.5 Å². The Hall–Kier alpha value is -2.74. The molecule has 3 atom stereocenters. The molecule has 1 aliphatic rings. The van der Waals surface area contributed by atoms with Crippen LogP contribution >= 0.6 is 0 Å². The number of ether oxygens (including phenoxy) is 4. The number of benzene rings is 2. The minimum atomic E-state index is -1.91. The summed E-state index contributed by atoms with van der Waals surface area (Å²) in [7, 11) is 1.27. The Morgan fingerprint density at radius 2 is 1.59 bits per heavy atom. The van der Waals surface area contributed by atoms with Crippen molar-refractivity contribution >= 4 is 11.9 Å². The van der Waals surface area contributed by atoms with Gasteiger partial charge in [0.1, 0.15) is 18.8 Å². The van der Waals surface area contributed by atoms with Crippen molar-refractivity contribution in [1.82, 2.24) is 0 Å². The second-order valence-corrected chi connectivity index (χ2v) is 6.05. The van der Waals surface area contributed by atoms with Gasteiger partial charge < -0.3 is 24.1 Å². The molecule has 2 aromatic rings. The summed E-state index contributed by atoms with van der Waals surface area (Å²) in [6.45, 7) is -0.202. The first-order valence-electron chi connectivity index (χ1n) is 8.44. The second-order valence-electron chi connectivity index (χ2n) is 6.05. The number of carbonyl (C=O) groups is 2. The maximum Gasteiger partial charge on any atom is 0.338 e. The van der Waals surface area contributed by atoms with Crippen molar-refractivity contribution in [3.05, 3.63) is 71.8 Å². The molecule has 1 unspecified atom stereocenters. The molecule has 1 fully saturated rings. The number of methoxy groups -OCH3 is 1. The molecule has 0 spiro atoms. The van der Waals surface area contributed by atoms with Crippen LogP contribution in [0.5, 0.6) is 0 Å². The first-order valence-corrected chi connectivity index (χ1v) is 8.44. The molecule has 1 saturated heterocycles. The van der Waals surface area contributed by atoms with Crippen molar-refractivity contribution in [1.29, 1.82) is 0 Å². The normalized spacial score (nSPS) is 24.4. The van der Waals surface area contributed by atoms with E-state index in [1.54, 1.807) is 60.7 Å². The van der Waals surface area contributed by atoms with Crippen LogP contribution in [0.25, 0.3) is 0 Å². The van der Waals surface area contributed by atoms with Crippen LogP contribution in [0.2, 0.25) is 0 Å². The zero-order valence-corrected chi connectivity index (χ0v) is 14.7. The highest BCUT2D eigenvalue weighted by Crippen LogP contribution is 2.32. The van der Waals surface area contributed by atoms with E-state index in [0.717, 1.165) is 0 Å². The van der Waals surface area contributed by atoms with E-state index >= 15 is 0 Å². The highest BCUT2D eigenvalue weighted by molar-refractivity contribution is 5.90. The third-order valence-electron chi connectivity index (χ3n) is 4.18. The second kappa shape index (κ2) is 8.30. The molecule has 1 aliphatic heterocycles. The van der Waals surface area contributed by atoms with Gasteiger partial charge in [-0.3, -0.25) is 0 Å². The van der Waals surface area contributed by atoms with Crippen LogP contribution in [-0.4, -0.2) is 48.9 Å². The highest BCUT2D eigenvalue weighted by Gasteiger charge is 2.48. The smallest absolute Gasteiger partial charge is 0.338 e. The van der Waals surface area contributed by atoms with Crippen LogP contribution in [0.4, 0.5) is 0 Å². The maximum atomic E-state index is 12.3. The van der Waals surface area contributed by atoms with E-state index in [1.165, 1.54) is 7.11 Å². The number of carbonyl (C=O) groups excluding carboxylic acids is 2. The third kappa shape index (κ3) is 4.71. The van der Waals surface area contributed by atoms with Crippen molar-refractivity contribution in [3.8, 4) is 0 Å². The number of hydrogen-bond donors (Lipinski definition) is 1. The van der Waals surface area contributed by atoms with Crippen LogP contribution in [0.15, 0.2) is 60.7 Å². The van der Waals surface area contributed by atoms with E-state index in [-0.39, 0.29) is 13.0 Å². The van der Waals surface area contributed by atoms with Gasteiger partial charge in [0.25, 0.3) is 5.97 Å². The van der Waals surface area contributed by atoms with Gasteiger partial charge in [-0.2, -0.15) is 0 Å². The molecule has 3 rings (SSSR count). The molecule has 1 heterocycles. The Balaban J connectivity index is 1.65. The van der Waals surface area contributed by atoms with Crippen LogP contribution in [0, 0.1) is 0 Å². The monoisotopic (exact) mass is 372 g/mol. The fraction of sp³-hybridized carbons (Fsp3) is 0.300. The van der Waals surface area contributed by atoms with E-state index in [2.05, 4.69) is 0 Å². The van der Waals surface area contributed by atoms with Gasteiger partial charge in [0.2, 0.25) is 0 Å². The van der Waals surface area contributed by atoms with E-state index in [1.807, 2.05) is 0 Å². The fourth-order valence-electron chi connectivity index (χ4n) is 2.73. The largest absolute Gasteiger partial charge is 0.459 e. The molecule has 0 bridgehead atoms. The Kier molecular flexibility index (Phi) is 5.85. The molecule has 7 nitrogen and oxygen atoms in total. The van der Waals surface area contributed by atoms with Gasteiger partial charge in [0.15, 0.2) is 0 Å². The standard InChI is InChI=1S/C20H20O7/c1-24-20(23)12-16(26-19(22)15-10-6-3-7-11-15)17(27-20)13-25-18(21)14-8-4-2-5-9-14/h2-11,16-17,23H,12-13H2,1H3/t16-,17+,20?/m0/s1. The summed E-state index contributed by atoms with van der Waals surface area (Å²) in [6.07, 6.45) is -1.81. The summed E-state index contributed by atoms with van der Waals surface area (Å²) < 4.78 is 21.0. The number of aliphatic hydroxyl groups is 1. The Labute approximate surface area is 156 Å². The van der Waals surface area contributed by atoms with Gasteiger partial charge in [-0.15, -0.1) is 0 Å². The lowest BCUT2D eigenvalue weighted by molar-refractivity contribution is -0.340. The molecule has 0 radical (unpaired) electrons. The van der Waals surface area contributed by atoms with Crippen molar-refractivity contribution < 1.29 is 33.6 Å². The SMILES string of the molecule is COC1(O)C[C@H](OC(=O)c2ccccc2)[C@@H](COC(=O)c2ccccc2)O1. The molecular formula is C20H20O7. The summed E-state index contributed by atoms with van der Waals surface area (Å²) in [5.74, 6) is -3.02. The Morgan fingerprint density at radius 1 is 1.04 bits per heavy atom. The summed E-state index contributed by atoms with van der Waals surface area (Å²) in [5, 5.41) is 10.2. The highest BCUT2D eigenvalue weighted by atomic mass is 16.8. The topological polar surface area (TPSA) is 91.3 Å². The lowest BCUT2D eigenvalue weighted by atomic mass is 10.1. The van der Waals surface area contributed by atoms with Crippen molar-refractivity contribution in [2.75, 3.05) is 13.7 Å². The summed E-state index contributed by atoms with van der Waals surface area (Å²) >= 11 is 0. The number of hydrogen-bond acceptors (Lipinski definition) is 7. The first kappa shape index (κ1) is 19.0. The predicted molar refractivity (Wildman–Crippen MR) is 93.8 cm³/mol. The van der Waals surface area contributed by atoms with Gasteiger partial charge >= 0.3 is 11.9 Å². The summed E-state index contributed by atoms with van der Waals surface area (Å²) in [6, 6.07) is 16.9. The number of rotatable bonds is 6. The molecule has 2 aromatic carbocycles. The third-order valence-corrected chi connectivity index (χ3v) is 4.18. The van der Waals surface area contributed by atoms with Gasteiger partial charge in [0, 0.05) is 7.11 Å². The van der Waals surface area contributed by atoms with Crippen molar-refractivity contribution in [3.63, 3.8) is 0 Å². The number of esters is 2. The zero-order chi connectivity index (χ0) is 19.3. The molecule has 0 aromatic heterocycles. The molecule has 1 N–H and O–H groups in total. The van der Waals surface area contributed by atoms with Crippen molar-refractivity contribution in [2.24, 2.45) is 0 Å². The first-order chi connectivity index (χ1) is 13.0. The van der Waals surface area contributed by atoms with E-state index in [4.69, 9.17) is 18.9 Å². The minimum absolute atomic E-state index is 0.102. The zero-order valence-electron chi connectivity index (χ0n) is 14.7. The molecule has 7 heteroatoms. The van der Waals surface area contributed by atoms with Gasteiger partial charge in [-0.1, -0.05) is 36.4 Å². The minimum Gasteiger partial charge on any atom is -0.459 e. The summed E-state index contributed by atoms with van der Waals surface area (Å²) in [4.78, 5) is 24.4. The van der Waals surface area contributed by atoms with Gasteiger partial charge in [-0.25, -0.2) is 9.59 Å². The van der Waals surface area contributed by atoms with Crippen LogP contribution in [-0.2, 0) is 18.9 Å². The van der Waals surface area contributed by atoms with Crippen molar-refractivity contribution in [2.45, 2.75) is 24.6 Å². The maximum absolute atomic E-state index is 12.3. The Bertz CT molecular complexity index is 777. The molecule has 0 saturated carbocycles. The quantitative estimate of drug-likeness (QED) is 0.614.